The molecule has 1 aromatic carbocycles. The Morgan fingerprint density at radius 2 is 1.91 bits per heavy atom. The third-order valence-electron chi connectivity index (χ3n) is 4.15. The number of hydrogen-bond acceptors (Lipinski definition) is 4. The van der Waals surface area contributed by atoms with E-state index >= 15 is 0 Å². The number of nitrogens with two attached hydrogens (primary N) is 1. The summed E-state index contributed by atoms with van der Waals surface area (Å²) in [4.78, 5) is 12.1. The van der Waals surface area contributed by atoms with E-state index in [0.29, 0.717) is 11.4 Å². The number of benzene rings is 1. The van der Waals surface area contributed by atoms with Gasteiger partial charge in [-0.25, -0.2) is 4.79 Å². The molecule has 0 aromatic heterocycles. The van der Waals surface area contributed by atoms with Gasteiger partial charge in [0, 0.05) is 11.6 Å². The van der Waals surface area contributed by atoms with Crippen LogP contribution in [0.25, 0.3) is 0 Å². The van der Waals surface area contributed by atoms with Gasteiger partial charge in [-0.3, -0.25) is 5.32 Å². The van der Waals surface area contributed by atoms with Crippen LogP contribution in [0.1, 0.15) is 46.6 Å². The van der Waals surface area contributed by atoms with Crippen LogP contribution in [-0.4, -0.2) is 18.8 Å². The van der Waals surface area contributed by atoms with Crippen LogP contribution < -0.4 is 15.8 Å². The van der Waals surface area contributed by atoms with E-state index in [1.807, 2.05) is 32.9 Å². The fourth-order valence-corrected chi connectivity index (χ4v) is 2.67. The summed E-state index contributed by atoms with van der Waals surface area (Å²) in [7, 11) is 1.59. The van der Waals surface area contributed by atoms with Gasteiger partial charge < -0.3 is 15.2 Å². The van der Waals surface area contributed by atoms with Crippen molar-refractivity contribution in [2.24, 2.45) is 11.1 Å². The number of hydrogen-bond donors (Lipinski definition) is 2. The summed E-state index contributed by atoms with van der Waals surface area (Å²) < 4.78 is 10.6. The Hall–Kier alpha value is -1.75. The first-order valence-corrected chi connectivity index (χ1v) is 7.46. The summed E-state index contributed by atoms with van der Waals surface area (Å²) in [6.07, 6.45) is 0.374. The van der Waals surface area contributed by atoms with Crippen molar-refractivity contribution in [2.75, 3.05) is 12.4 Å². The van der Waals surface area contributed by atoms with Gasteiger partial charge in [0.15, 0.2) is 0 Å². The lowest BCUT2D eigenvalue weighted by molar-refractivity contribution is 0.0635. The minimum atomic E-state index is -0.553. The predicted molar refractivity (Wildman–Crippen MR) is 87.1 cm³/mol. The Kier molecular flexibility index (Phi) is 3.90. The van der Waals surface area contributed by atoms with Gasteiger partial charge in [0.25, 0.3) is 0 Å². The van der Waals surface area contributed by atoms with Crippen molar-refractivity contribution in [1.29, 1.82) is 0 Å². The summed E-state index contributed by atoms with van der Waals surface area (Å²) >= 11 is 0. The zero-order valence-corrected chi connectivity index (χ0v) is 14.2. The molecular formula is C17H26N2O3. The Morgan fingerprint density at radius 3 is 2.36 bits per heavy atom. The maximum absolute atomic E-state index is 12.1. The van der Waals surface area contributed by atoms with Gasteiger partial charge in [0.05, 0.1) is 12.8 Å². The summed E-state index contributed by atoms with van der Waals surface area (Å²) in [5.41, 5.74) is 7.07. The van der Waals surface area contributed by atoms with E-state index < -0.39 is 17.2 Å². The maximum atomic E-state index is 12.1. The molecule has 1 atom stereocenters. The summed E-state index contributed by atoms with van der Waals surface area (Å²) in [5, 5.41) is 2.80. The van der Waals surface area contributed by atoms with Crippen LogP contribution in [0.15, 0.2) is 18.2 Å². The number of carbonyl (C=O) groups excluding carboxylic acids is 1. The second kappa shape index (κ2) is 5.16. The molecule has 0 saturated heterocycles. The van der Waals surface area contributed by atoms with Crippen molar-refractivity contribution >= 4 is 11.8 Å². The van der Waals surface area contributed by atoms with Crippen LogP contribution in [0.4, 0.5) is 10.5 Å². The van der Waals surface area contributed by atoms with Crippen LogP contribution in [0, 0.1) is 5.41 Å². The summed E-state index contributed by atoms with van der Waals surface area (Å²) in [6.45, 7) is 9.72. The third-order valence-corrected chi connectivity index (χ3v) is 4.15. The largest absolute Gasteiger partial charge is 0.497 e. The fourth-order valence-electron chi connectivity index (χ4n) is 2.67. The zero-order valence-electron chi connectivity index (χ0n) is 14.2. The number of anilines is 1. The molecule has 5 nitrogen and oxygen atoms in total. The maximum Gasteiger partial charge on any atom is 0.412 e. The Morgan fingerprint density at radius 1 is 1.32 bits per heavy atom. The summed E-state index contributed by atoms with van der Waals surface area (Å²) in [5.74, 6) is 0.664. The van der Waals surface area contributed by atoms with Crippen LogP contribution >= 0.6 is 0 Å². The fraction of sp³-hybridized carbons (Fsp3) is 0.588. The molecule has 1 unspecified atom stereocenters. The second-order valence-electron chi connectivity index (χ2n) is 7.57. The molecule has 1 aliphatic rings. The van der Waals surface area contributed by atoms with Crippen LogP contribution in [0.2, 0.25) is 0 Å². The van der Waals surface area contributed by atoms with Crippen molar-refractivity contribution in [1.82, 2.24) is 0 Å². The molecule has 0 radical (unpaired) electrons. The molecule has 1 fully saturated rings. The number of ether oxygens (including phenoxy) is 2. The van der Waals surface area contributed by atoms with E-state index in [4.69, 9.17) is 15.2 Å². The lowest BCUT2D eigenvalue weighted by atomic mass is 9.95. The van der Waals surface area contributed by atoms with Gasteiger partial charge >= 0.3 is 6.09 Å². The molecule has 1 saturated carbocycles. The van der Waals surface area contributed by atoms with Gasteiger partial charge in [-0.05, 0) is 44.2 Å². The Balaban J connectivity index is 2.31. The van der Waals surface area contributed by atoms with Crippen LogP contribution in [0.5, 0.6) is 5.75 Å². The standard InChI is InChI=1S/C17H26N2O3/c1-15(2,3)22-14(20)19-13-9-11(21-6)7-8-12(13)17(18)10-16(17,4)5/h7-9H,10,18H2,1-6H3,(H,19,20). The third kappa shape index (κ3) is 3.19. The minimum absolute atomic E-state index is 0.00590. The van der Waals surface area contributed by atoms with Crippen molar-refractivity contribution < 1.29 is 14.3 Å². The molecule has 122 valence electrons. The molecule has 0 bridgehead atoms. The monoisotopic (exact) mass is 306 g/mol. The highest BCUT2D eigenvalue weighted by Crippen LogP contribution is 2.61. The average Bonchev–Trinajstić information content (AvgIpc) is 2.86. The zero-order chi connectivity index (χ0) is 16.8. The quantitative estimate of drug-likeness (QED) is 0.894. The lowest BCUT2D eigenvalue weighted by Gasteiger charge is -2.23. The van der Waals surface area contributed by atoms with E-state index in [2.05, 4.69) is 19.2 Å². The molecule has 1 aromatic rings. The predicted octanol–water partition coefficient (Wildman–Crippen LogP) is 3.63. The SMILES string of the molecule is COc1ccc(C2(N)CC2(C)C)c(NC(=O)OC(C)(C)C)c1. The van der Waals surface area contributed by atoms with Crippen molar-refractivity contribution in [3.63, 3.8) is 0 Å². The molecule has 22 heavy (non-hydrogen) atoms. The molecule has 5 heteroatoms. The smallest absolute Gasteiger partial charge is 0.412 e. The molecule has 0 heterocycles. The molecule has 2 rings (SSSR count). The van der Waals surface area contributed by atoms with Gasteiger partial charge in [0.2, 0.25) is 0 Å². The normalized spacial score (nSPS) is 22.9. The number of methoxy groups -OCH3 is 1. The van der Waals surface area contributed by atoms with Crippen molar-refractivity contribution in [3.8, 4) is 5.75 Å². The Labute approximate surface area is 132 Å². The van der Waals surface area contributed by atoms with Crippen LogP contribution in [-0.2, 0) is 10.3 Å². The molecule has 0 aliphatic heterocycles. The van der Waals surface area contributed by atoms with Gasteiger partial charge in [0.1, 0.15) is 11.4 Å². The van der Waals surface area contributed by atoms with Crippen molar-refractivity contribution in [3.05, 3.63) is 23.8 Å². The first kappa shape index (κ1) is 16.6. The molecule has 1 amide bonds. The molecule has 3 N–H and O–H groups in total. The van der Waals surface area contributed by atoms with Crippen LogP contribution in [0.3, 0.4) is 0 Å². The Bertz CT molecular complexity index is 590. The second-order valence-corrected chi connectivity index (χ2v) is 7.57. The summed E-state index contributed by atoms with van der Waals surface area (Å²) in [6, 6.07) is 5.56. The van der Waals surface area contributed by atoms with E-state index in [9.17, 15) is 4.79 Å². The van der Waals surface area contributed by atoms with E-state index in [0.717, 1.165) is 12.0 Å². The first-order chi connectivity index (χ1) is 9.98. The minimum Gasteiger partial charge on any atom is -0.497 e. The average molecular weight is 306 g/mol. The van der Waals surface area contributed by atoms with Gasteiger partial charge in [-0.2, -0.15) is 0 Å². The molecular weight excluding hydrogens is 280 g/mol. The first-order valence-electron chi connectivity index (χ1n) is 7.46. The number of rotatable bonds is 3. The van der Waals surface area contributed by atoms with Crippen molar-refractivity contribution in [2.45, 2.75) is 52.2 Å². The highest BCUT2D eigenvalue weighted by Gasteiger charge is 2.60. The number of carbonyl (C=O) groups is 1. The van der Waals surface area contributed by atoms with E-state index in [-0.39, 0.29) is 5.41 Å². The highest BCUT2D eigenvalue weighted by molar-refractivity contribution is 5.87. The molecule has 0 spiro atoms. The number of amides is 1. The van der Waals surface area contributed by atoms with E-state index in [1.165, 1.54) is 0 Å². The van der Waals surface area contributed by atoms with Gasteiger partial charge in [-0.1, -0.05) is 19.9 Å². The van der Waals surface area contributed by atoms with Gasteiger partial charge in [-0.15, -0.1) is 0 Å². The van der Waals surface area contributed by atoms with E-state index in [1.54, 1.807) is 13.2 Å². The number of nitrogens with one attached hydrogen (secondary N) is 1. The lowest BCUT2D eigenvalue weighted by Crippen LogP contribution is -2.30. The highest BCUT2D eigenvalue weighted by atomic mass is 16.6. The molecule has 1 aliphatic carbocycles. The topological polar surface area (TPSA) is 73.6 Å².